The normalized spacial score (nSPS) is 11.3. The maximum absolute atomic E-state index is 11.9. The molecule has 0 aromatic heterocycles. The van der Waals surface area contributed by atoms with Gasteiger partial charge in [-0.15, -0.1) is 0 Å². The zero-order chi connectivity index (χ0) is 15.1. The van der Waals surface area contributed by atoms with Crippen LogP contribution >= 0.6 is 0 Å². The number of ketones is 1. The van der Waals surface area contributed by atoms with Crippen molar-refractivity contribution in [1.29, 1.82) is 0 Å². The van der Waals surface area contributed by atoms with Gasteiger partial charge in [0, 0.05) is 12.0 Å². The summed E-state index contributed by atoms with van der Waals surface area (Å²) in [7, 11) is 0. The minimum Gasteiger partial charge on any atom is -0.294 e. The molecule has 0 saturated carbocycles. The summed E-state index contributed by atoms with van der Waals surface area (Å²) >= 11 is 0. The van der Waals surface area contributed by atoms with Crippen LogP contribution in [0.5, 0.6) is 0 Å². The van der Waals surface area contributed by atoms with Gasteiger partial charge in [0.2, 0.25) is 0 Å². The molecule has 4 aromatic carbocycles. The average molecular weight is 284 g/mol. The summed E-state index contributed by atoms with van der Waals surface area (Å²) in [5.74, 6) is 0.195. The summed E-state index contributed by atoms with van der Waals surface area (Å²) in [4.78, 5) is 11.9. The lowest BCUT2D eigenvalue weighted by Crippen LogP contribution is -1.95. The third-order valence-corrected chi connectivity index (χ3v) is 4.30. The van der Waals surface area contributed by atoms with E-state index in [-0.39, 0.29) is 5.78 Å². The van der Waals surface area contributed by atoms with Crippen LogP contribution in [0.2, 0.25) is 0 Å². The Bertz CT molecular complexity index is 1030. The van der Waals surface area contributed by atoms with Crippen molar-refractivity contribution in [2.75, 3.05) is 0 Å². The zero-order valence-corrected chi connectivity index (χ0v) is 12.5. The molecule has 0 N–H and O–H groups in total. The molecule has 0 atom stereocenters. The minimum atomic E-state index is 0.195. The van der Waals surface area contributed by atoms with Gasteiger partial charge < -0.3 is 0 Å². The molecule has 0 fully saturated rings. The standard InChI is InChI=1S/C21H16O/c1-2-21(22)17-8-7-16-11-19-9-14-5-3-4-6-15(14)10-20(19)13-18(16)12-17/h3-13H,2H2,1H3. The van der Waals surface area contributed by atoms with Crippen LogP contribution in [0.15, 0.2) is 66.7 Å². The first-order valence-corrected chi connectivity index (χ1v) is 7.64. The Labute approximate surface area is 129 Å². The Morgan fingerprint density at radius 2 is 1.18 bits per heavy atom. The summed E-state index contributed by atoms with van der Waals surface area (Å²) < 4.78 is 0. The molecule has 0 saturated heterocycles. The van der Waals surface area contributed by atoms with Gasteiger partial charge in [-0.1, -0.05) is 43.3 Å². The molecule has 0 radical (unpaired) electrons. The number of hydrogen-bond donors (Lipinski definition) is 0. The number of hydrogen-bond acceptors (Lipinski definition) is 1. The average Bonchev–Trinajstić information content (AvgIpc) is 2.56. The summed E-state index contributed by atoms with van der Waals surface area (Å²) in [6.45, 7) is 1.90. The third kappa shape index (κ3) is 2.06. The molecule has 1 nitrogen and oxygen atoms in total. The van der Waals surface area contributed by atoms with Crippen molar-refractivity contribution in [3.63, 3.8) is 0 Å². The van der Waals surface area contributed by atoms with Crippen LogP contribution in [0.25, 0.3) is 32.3 Å². The second-order valence-corrected chi connectivity index (χ2v) is 5.74. The van der Waals surface area contributed by atoms with E-state index in [0.717, 1.165) is 10.9 Å². The first kappa shape index (κ1) is 13.0. The fraction of sp³-hybridized carbons (Fsp3) is 0.0952. The number of Topliss-reactive ketones (excluding diaryl/α,β-unsaturated/α-hetero) is 1. The van der Waals surface area contributed by atoms with E-state index < -0.39 is 0 Å². The van der Waals surface area contributed by atoms with Crippen LogP contribution in [0.4, 0.5) is 0 Å². The van der Waals surface area contributed by atoms with Gasteiger partial charge in [-0.05, 0) is 62.6 Å². The molecule has 0 aliphatic rings. The Morgan fingerprint density at radius 1 is 0.682 bits per heavy atom. The molecule has 4 aromatic rings. The maximum Gasteiger partial charge on any atom is 0.162 e. The molecule has 0 bridgehead atoms. The van der Waals surface area contributed by atoms with Gasteiger partial charge in [0.15, 0.2) is 5.78 Å². The number of fused-ring (bicyclic) bond motifs is 3. The topological polar surface area (TPSA) is 17.1 Å². The Morgan fingerprint density at radius 3 is 1.77 bits per heavy atom. The van der Waals surface area contributed by atoms with E-state index >= 15 is 0 Å². The largest absolute Gasteiger partial charge is 0.294 e. The predicted molar refractivity (Wildman–Crippen MR) is 93.6 cm³/mol. The summed E-state index contributed by atoms with van der Waals surface area (Å²) in [5, 5.41) is 7.26. The van der Waals surface area contributed by atoms with Gasteiger partial charge in [-0.2, -0.15) is 0 Å². The lowest BCUT2D eigenvalue weighted by Gasteiger charge is -2.06. The molecular formula is C21H16O. The van der Waals surface area contributed by atoms with Crippen LogP contribution in [0.3, 0.4) is 0 Å². The number of rotatable bonds is 2. The maximum atomic E-state index is 11.9. The van der Waals surface area contributed by atoms with Crippen LogP contribution in [-0.2, 0) is 0 Å². The van der Waals surface area contributed by atoms with E-state index in [1.54, 1.807) is 0 Å². The number of carbonyl (C=O) groups is 1. The SMILES string of the molecule is CCC(=O)c1ccc2cc3cc4ccccc4cc3cc2c1. The van der Waals surface area contributed by atoms with Crippen molar-refractivity contribution in [3.05, 3.63) is 72.3 Å². The van der Waals surface area contributed by atoms with Gasteiger partial charge in [-0.25, -0.2) is 0 Å². The molecule has 0 aliphatic heterocycles. The van der Waals surface area contributed by atoms with Gasteiger partial charge in [0.1, 0.15) is 0 Å². The molecule has 0 aliphatic carbocycles. The van der Waals surface area contributed by atoms with Crippen molar-refractivity contribution < 1.29 is 4.79 Å². The van der Waals surface area contributed by atoms with Crippen LogP contribution in [0.1, 0.15) is 23.7 Å². The van der Waals surface area contributed by atoms with E-state index in [1.807, 2.05) is 25.1 Å². The highest BCUT2D eigenvalue weighted by Gasteiger charge is 2.05. The summed E-state index contributed by atoms with van der Waals surface area (Å²) in [5.41, 5.74) is 0.801. The quantitative estimate of drug-likeness (QED) is 0.339. The number of benzene rings is 4. The van der Waals surface area contributed by atoms with Crippen molar-refractivity contribution in [1.82, 2.24) is 0 Å². The first-order valence-electron chi connectivity index (χ1n) is 7.64. The Kier molecular flexibility index (Phi) is 2.93. The fourth-order valence-electron chi connectivity index (χ4n) is 3.07. The van der Waals surface area contributed by atoms with E-state index in [4.69, 9.17) is 0 Å². The van der Waals surface area contributed by atoms with Crippen molar-refractivity contribution >= 4 is 38.1 Å². The van der Waals surface area contributed by atoms with E-state index in [9.17, 15) is 4.79 Å². The molecule has 106 valence electrons. The summed E-state index contributed by atoms with van der Waals surface area (Å²) in [6, 6.07) is 23.2. The lowest BCUT2D eigenvalue weighted by atomic mass is 9.97. The highest BCUT2D eigenvalue weighted by atomic mass is 16.1. The second kappa shape index (κ2) is 4.96. The molecule has 0 spiro atoms. The van der Waals surface area contributed by atoms with E-state index in [1.165, 1.54) is 26.9 Å². The van der Waals surface area contributed by atoms with Gasteiger partial charge in [-0.3, -0.25) is 4.79 Å². The van der Waals surface area contributed by atoms with Crippen molar-refractivity contribution in [3.8, 4) is 0 Å². The van der Waals surface area contributed by atoms with E-state index in [0.29, 0.717) is 6.42 Å². The predicted octanol–water partition coefficient (Wildman–Crippen LogP) is 5.74. The Balaban J connectivity index is 2.01. The zero-order valence-electron chi connectivity index (χ0n) is 12.5. The van der Waals surface area contributed by atoms with Gasteiger partial charge >= 0.3 is 0 Å². The van der Waals surface area contributed by atoms with Crippen LogP contribution in [0, 0.1) is 0 Å². The Hall–Kier alpha value is -2.67. The molecular weight excluding hydrogens is 268 g/mol. The fourth-order valence-corrected chi connectivity index (χ4v) is 3.07. The van der Waals surface area contributed by atoms with E-state index in [2.05, 4.69) is 48.5 Å². The molecule has 0 heterocycles. The summed E-state index contributed by atoms with van der Waals surface area (Å²) in [6.07, 6.45) is 0.545. The highest BCUT2D eigenvalue weighted by molar-refractivity contribution is 6.06. The molecule has 4 rings (SSSR count). The van der Waals surface area contributed by atoms with Crippen LogP contribution < -0.4 is 0 Å². The van der Waals surface area contributed by atoms with Gasteiger partial charge in [0.05, 0.1) is 0 Å². The molecule has 0 amide bonds. The molecule has 1 heteroatoms. The number of carbonyl (C=O) groups excluding carboxylic acids is 1. The monoisotopic (exact) mass is 284 g/mol. The van der Waals surface area contributed by atoms with Crippen molar-refractivity contribution in [2.24, 2.45) is 0 Å². The third-order valence-electron chi connectivity index (χ3n) is 4.30. The first-order chi connectivity index (χ1) is 10.7. The minimum absolute atomic E-state index is 0.195. The molecule has 0 unspecified atom stereocenters. The van der Waals surface area contributed by atoms with Crippen molar-refractivity contribution in [2.45, 2.75) is 13.3 Å². The van der Waals surface area contributed by atoms with Gasteiger partial charge in [0.25, 0.3) is 0 Å². The second-order valence-electron chi connectivity index (χ2n) is 5.74. The lowest BCUT2D eigenvalue weighted by molar-refractivity contribution is 0.0988. The highest BCUT2D eigenvalue weighted by Crippen LogP contribution is 2.28. The van der Waals surface area contributed by atoms with Crippen LogP contribution in [-0.4, -0.2) is 5.78 Å². The molecule has 22 heavy (non-hydrogen) atoms. The smallest absolute Gasteiger partial charge is 0.162 e.